The van der Waals surface area contributed by atoms with Crippen molar-refractivity contribution in [3.05, 3.63) is 143 Å². The van der Waals surface area contributed by atoms with Crippen LogP contribution in [0.15, 0.2) is 101 Å². The number of aromatic amines is 7. The summed E-state index contributed by atoms with van der Waals surface area (Å²) in [7, 11) is 0. The highest BCUT2D eigenvalue weighted by Crippen LogP contribution is 2.05. The number of nitrogen functional groups attached to an aromatic ring is 1. The van der Waals surface area contributed by atoms with Crippen molar-refractivity contribution in [1.29, 1.82) is 0 Å². The molecule has 0 radical (unpaired) electrons. The Balaban J connectivity index is 0.000000280. The number of nitrogens with one attached hydrogen (secondary N) is 7. The van der Waals surface area contributed by atoms with Crippen LogP contribution in [0, 0.1) is 41.5 Å². The molecule has 0 bridgehead atoms. The van der Waals surface area contributed by atoms with Crippen molar-refractivity contribution >= 4 is 23.7 Å². The van der Waals surface area contributed by atoms with Gasteiger partial charge in [0.25, 0.3) is 17.5 Å². The summed E-state index contributed by atoms with van der Waals surface area (Å²) in [6.45, 7) is 18.0. The topological polar surface area (TPSA) is 468 Å². The van der Waals surface area contributed by atoms with Gasteiger partial charge in [0.15, 0.2) is 0 Å². The average molecular weight is 999 g/mol. The first-order valence-corrected chi connectivity index (χ1v) is 21.5. The number of imidazole rings is 4. The molecular formula is C41H62N26O5. The highest BCUT2D eigenvalue weighted by Gasteiger charge is 2.19. The summed E-state index contributed by atoms with van der Waals surface area (Å²) in [4.78, 5) is 70.3. The number of guanidine groups is 1. The predicted octanol–water partition coefficient (Wildman–Crippen LogP) is 1.93. The Labute approximate surface area is 411 Å². The number of carboxylic acids is 2. The van der Waals surface area contributed by atoms with Crippen molar-refractivity contribution in [2.24, 2.45) is 26.7 Å². The second-order valence-electron chi connectivity index (χ2n) is 14.8. The maximum absolute atomic E-state index is 11.1. The van der Waals surface area contributed by atoms with Gasteiger partial charge in [0.1, 0.15) is 36.7 Å². The van der Waals surface area contributed by atoms with Gasteiger partial charge in [-0.3, -0.25) is 19.8 Å². The lowest BCUT2D eigenvalue weighted by Crippen LogP contribution is -2.32. The highest BCUT2D eigenvalue weighted by molar-refractivity contribution is 5.85. The molecule has 10 rings (SSSR count). The summed E-state index contributed by atoms with van der Waals surface area (Å²) in [5, 5.41) is 48.6. The maximum atomic E-state index is 11.1. The van der Waals surface area contributed by atoms with E-state index < -0.39 is 24.1 Å². The number of aliphatic imine (C=N–C) groups is 1. The molecule has 0 fully saturated rings. The number of azo groups is 1. The quantitative estimate of drug-likeness (QED) is 0.106. The van der Waals surface area contributed by atoms with Gasteiger partial charge in [-0.15, -0.1) is 20.4 Å². The molecule has 31 heteroatoms. The summed E-state index contributed by atoms with van der Waals surface area (Å²) < 4.78 is 2.56. The molecule has 0 aromatic carbocycles. The van der Waals surface area contributed by atoms with E-state index in [-0.39, 0.29) is 17.9 Å². The molecular weight excluding hydrogens is 937 g/mol. The van der Waals surface area contributed by atoms with E-state index in [4.69, 9.17) is 27.5 Å². The van der Waals surface area contributed by atoms with Gasteiger partial charge in [-0.1, -0.05) is 20.8 Å². The zero-order valence-electron chi connectivity index (χ0n) is 41.2. The summed E-state index contributed by atoms with van der Waals surface area (Å²) in [5.41, 5.74) is 17.1. The summed E-state index contributed by atoms with van der Waals surface area (Å²) in [6.07, 6.45) is 17.8. The van der Waals surface area contributed by atoms with Crippen molar-refractivity contribution in [2.45, 2.75) is 93.3 Å². The number of hydrogen-bond donors (Lipinski definition) is 12. The standard InChI is InChI=1S/C6H6N4O.C6H9N3O2.2C6H10N2.2C5H8N2.C3H4N4O2.C2H4N4.C2H3N3/c1-4-2-5(11)10-6(9-4)7-3-8-10;7-5(6(10)11)1-4-2-8-3-9-4;1-5(2)6-7-3-4-8-6;1-3-6-7-4-5(2)8-6;1-4-5(2)7-3-6-4;1-4-3-5(2)7-6-4;4-3-5-1(2(8)9)6-7-3;3-6-1-4-5-2-6;1-2-4-5-3-1/h2-3H,1H3,(H,7,8,9);2-3,5H,1,7H2,(H,8,9)(H,10,11);3-5H,1-2H3,(H,7,8);4H,3H2,1-2H3,(H,7,8);2*3H,1-2H3,(H,6,7);1H,(H2,4,5)(H,8,9);1-2H,3H2;1-2H,(H,3,4,5). The van der Waals surface area contributed by atoms with Crippen LogP contribution in [0.3, 0.4) is 0 Å². The summed E-state index contributed by atoms with van der Waals surface area (Å²) in [5.74, 6) is 5.91. The molecule has 2 atom stereocenters. The number of nitrogens with two attached hydrogens (primary N) is 3. The lowest BCUT2D eigenvalue weighted by atomic mass is 10.2. The zero-order valence-corrected chi connectivity index (χ0v) is 41.2. The molecule has 9 aromatic heterocycles. The van der Waals surface area contributed by atoms with Crippen LogP contribution in [0.2, 0.25) is 0 Å². The van der Waals surface area contributed by atoms with Gasteiger partial charge in [0.05, 0.1) is 36.4 Å². The smallest absolute Gasteiger partial charge is 0.353 e. The fraction of sp³-hybridized carbons (Fsp3) is 0.341. The molecule has 386 valence electrons. The molecule has 0 saturated carbocycles. The number of aryl methyl sites for hydroxylation is 7. The number of aliphatic carboxylic acids is 2. The van der Waals surface area contributed by atoms with E-state index in [0.29, 0.717) is 17.4 Å². The monoisotopic (exact) mass is 999 g/mol. The number of aromatic nitrogens is 20. The van der Waals surface area contributed by atoms with Gasteiger partial charge in [-0.2, -0.15) is 25.0 Å². The van der Waals surface area contributed by atoms with E-state index in [1.807, 2.05) is 53.1 Å². The lowest BCUT2D eigenvalue weighted by molar-refractivity contribution is -0.139. The summed E-state index contributed by atoms with van der Waals surface area (Å²) in [6, 6.07) is 2.60. The van der Waals surface area contributed by atoms with E-state index >= 15 is 0 Å². The average Bonchev–Trinajstić information content (AvgIpc) is 4.18. The van der Waals surface area contributed by atoms with Gasteiger partial charge in [-0.25, -0.2) is 44.4 Å². The minimum Gasteiger partial charge on any atom is -0.480 e. The largest absolute Gasteiger partial charge is 0.480 e. The second-order valence-corrected chi connectivity index (χ2v) is 14.8. The Hall–Kier alpha value is -9.55. The van der Waals surface area contributed by atoms with E-state index in [2.05, 4.69) is 127 Å². The number of nitrogens with zero attached hydrogens (tertiary/aromatic N) is 16. The van der Waals surface area contributed by atoms with Crippen LogP contribution in [0.4, 0.5) is 0 Å². The second kappa shape index (κ2) is 32.2. The minimum absolute atomic E-state index is 0.0811. The molecule has 2 unspecified atom stereocenters. The first-order chi connectivity index (χ1) is 34.3. The van der Waals surface area contributed by atoms with E-state index in [1.165, 1.54) is 40.6 Å². The zero-order chi connectivity index (χ0) is 53.4. The van der Waals surface area contributed by atoms with E-state index in [1.54, 1.807) is 38.0 Å². The number of rotatable bonds is 6. The minimum atomic E-state index is -1.14. The molecule has 0 spiro atoms. The third kappa shape index (κ3) is 24.5. The van der Waals surface area contributed by atoms with Crippen molar-refractivity contribution in [2.75, 3.05) is 5.84 Å². The molecule has 0 amide bonds. The van der Waals surface area contributed by atoms with Crippen molar-refractivity contribution in [1.82, 2.24) is 99.9 Å². The molecule has 1 aliphatic rings. The van der Waals surface area contributed by atoms with Gasteiger partial charge < -0.3 is 47.5 Å². The normalized spacial score (nSPS) is 11.9. The molecule has 15 N–H and O–H groups in total. The van der Waals surface area contributed by atoms with Crippen molar-refractivity contribution in [3.8, 4) is 0 Å². The molecule has 1 aliphatic heterocycles. The number of hydrogen-bond acceptors (Lipinski definition) is 20. The summed E-state index contributed by atoms with van der Waals surface area (Å²) >= 11 is 0. The first-order valence-electron chi connectivity index (χ1n) is 21.5. The van der Waals surface area contributed by atoms with Gasteiger partial charge >= 0.3 is 11.9 Å². The third-order valence-corrected chi connectivity index (χ3v) is 8.29. The first kappa shape index (κ1) is 58.6. The van der Waals surface area contributed by atoms with Gasteiger partial charge in [0, 0.05) is 78.1 Å². The van der Waals surface area contributed by atoms with Crippen molar-refractivity contribution in [3.63, 3.8) is 0 Å². The van der Waals surface area contributed by atoms with Crippen LogP contribution in [-0.2, 0) is 22.4 Å². The molecule has 0 saturated heterocycles. The molecule has 31 nitrogen and oxygen atoms in total. The molecule has 10 heterocycles. The van der Waals surface area contributed by atoms with Crippen LogP contribution in [0.1, 0.15) is 78.2 Å². The Morgan fingerprint density at radius 2 is 1.56 bits per heavy atom. The van der Waals surface area contributed by atoms with Crippen LogP contribution >= 0.6 is 0 Å². The number of carbonyl (C=O) groups is 2. The number of fused-ring (bicyclic) bond motifs is 1. The Morgan fingerprint density at radius 3 is 1.89 bits per heavy atom. The Morgan fingerprint density at radius 1 is 0.847 bits per heavy atom. The third-order valence-electron chi connectivity index (χ3n) is 8.29. The van der Waals surface area contributed by atoms with Crippen LogP contribution < -0.4 is 22.9 Å². The lowest BCUT2D eigenvalue weighted by Gasteiger charge is -2.02. The number of carboxylic acid groups (broad SMARTS) is 2. The Bertz CT molecular complexity index is 2860. The highest BCUT2D eigenvalue weighted by atomic mass is 16.4. The van der Waals surface area contributed by atoms with Crippen LogP contribution in [0.5, 0.6) is 0 Å². The van der Waals surface area contributed by atoms with Crippen LogP contribution in [-0.4, -0.2) is 140 Å². The van der Waals surface area contributed by atoms with Crippen LogP contribution in [0.25, 0.3) is 5.78 Å². The predicted molar refractivity (Wildman–Crippen MR) is 262 cm³/mol. The fourth-order valence-electron chi connectivity index (χ4n) is 4.65. The van der Waals surface area contributed by atoms with E-state index in [9.17, 15) is 14.4 Å². The number of H-pyrrole nitrogens is 7. The molecule has 0 aliphatic carbocycles. The van der Waals surface area contributed by atoms with Crippen molar-refractivity contribution < 1.29 is 19.8 Å². The van der Waals surface area contributed by atoms with Gasteiger partial charge in [-0.05, 0) is 47.6 Å². The SMILES string of the molecule is CC(C)c1ncc[nH]1.CCc1ncc(C)[nH]1.Cc1cc(=O)n2[nH]cnc2n1.Cc1cc(C)[nH]n1.Cc1nc[nH]c1C.NC(Cc1cnc[nH]1)C(=O)O.NC1=NC(C(=O)O)N=N1.Nn1cnnc1.c1cn[nH]n1. The Kier molecular flexibility index (Phi) is 26.2. The van der Waals surface area contributed by atoms with E-state index in [0.717, 1.165) is 52.2 Å². The fourth-order valence-corrected chi connectivity index (χ4v) is 4.65. The van der Waals surface area contributed by atoms with Gasteiger partial charge in [0.2, 0.25) is 5.96 Å². The molecule has 72 heavy (non-hydrogen) atoms. The molecule has 9 aromatic rings. The maximum Gasteiger partial charge on any atom is 0.353 e.